The van der Waals surface area contributed by atoms with E-state index in [1.807, 2.05) is 6.08 Å². The number of carbonyl (C=O) groups is 1. The van der Waals surface area contributed by atoms with Crippen LogP contribution in [0.2, 0.25) is 0 Å². The smallest absolute Gasteiger partial charge is 0.231 e. The molecule has 18 heavy (non-hydrogen) atoms. The van der Waals surface area contributed by atoms with E-state index in [-0.39, 0.29) is 55.9 Å². The summed E-state index contributed by atoms with van der Waals surface area (Å²) in [6.45, 7) is -0.00166. The summed E-state index contributed by atoms with van der Waals surface area (Å²) in [5.41, 5.74) is -0.878. The predicted octanol–water partition coefficient (Wildman–Crippen LogP) is -1.52. The third kappa shape index (κ3) is 1.10. The minimum atomic E-state index is -0.878. The molecule has 6 unspecified atom stereocenters. The Hall–Kier alpha value is -0.950. The Balaban J connectivity index is 1.72. The number of hydrogen-bond acceptors (Lipinski definition) is 5. The monoisotopic (exact) mass is 253 g/mol. The number of carbonyl (C=O) groups excluding carboxylic acids is 1. The highest BCUT2D eigenvalue weighted by molar-refractivity contribution is 5.84. The summed E-state index contributed by atoms with van der Waals surface area (Å²) >= 11 is 0. The number of aliphatic hydroxyl groups is 2. The van der Waals surface area contributed by atoms with Crippen LogP contribution in [0.4, 0.5) is 0 Å². The standard InChI is InChI=1S/C12H15NO5/c14-4-3-13-10(16)8-7(9-11(13)17-9)6-1-2-12(8,5-15)18-6/h1-2,6-9,11,14-15H,3-5H2. The number of β-amino-alcohol motifs (C(OH)–C–C–N with tert-alkyl or cyclic N) is 1. The summed E-state index contributed by atoms with van der Waals surface area (Å²) in [4.78, 5) is 14.1. The molecule has 3 saturated heterocycles. The Labute approximate surface area is 104 Å². The molecule has 0 spiro atoms. The number of hydrogen-bond donors (Lipinski definition) is 2. The summed E-state index contributed by atoms with van der Waals surface area (Å²) in [6, 6.07) is 0. The van der Waals surface area contributed by atoms with Crippen molar-refractivity contribution in [2.45, 2.75) is 24.0 Å². The number of epoxide rings is 1. The van der Waals surface area contributed by atoms with E-state index in [1.165, 1.54) is 0 Å². The summed E-state index contributed by atoms with van der Waals surface area (Å²) < 4.78 is 11.4. The van der Waals surface area contributed by atoms with E-state index in [1.54, 1.807) is 11.0 Å². The van der Waals surface area contributed by atoms with Gasteiger partial charge in [-0.25, -0.2) is 0 Å². The fourth-order valence-electron chi connectivity index (χ4n) is 3.72. The molecule has 0 aliphatic carbocycles. The summed E-state index contributed by atoms with van der Waals surface area (Å²) in [7, 11) is 0. The van der Waals surface area contributed by atoms with Crippen LogP contribution in [-0.4, -0.2) is 64.8 Å². The van der Waals surface area contributed by atoms with E-state index in [4.69, 9.17) is 14.6 Å². The molecular formula is C12H15NO5. The van der Waals surface area contributed by atoms with Gasteiger partial charge in [0, 0.05) is 12.5 Å². The zero-order valence-corrected chi connectivity index (χ0v) is 9.73. The van der Waals surface area contributed by atoms with Crippen LogP contribution >= 0.6 is 0 Å². The minimum absolute atomic E-state index is 0.00888. The molecule has 0 saturated carbocycles. The number of aliphatic hydroxyl groups excluding tert-OH is 2. The highest BCUT2D eigenvalue weighted by Crippen LogP contribution is 2.56. The molecule has 4 aliphatic heterocycles. The van der Waals surface area contributed by atoms with E-state index in [2.05, 4.69) is 0 Å². The van der Waals surface area contributed by atoms with Crippen molar-refractivity contribution in [1.82, 2.24) is 4.90 Å². The lowest BCUT2D eigenvalue weighted by Gasteiger charge is -2.37. The Morgan fingerprint density at radius 1 is 1.44 bits per heavy atom. The third-order valence-electron chi connectivity index (χ3n) is 4.54. The number of rotatable bonds is 3. The Morgan fingerprint density at radius 3 is 3.00 bits per heavy atom. The van der Waals surface area contributed by atoms with E-state index in [0.717, 1.165) is 0 Å². The highest BCUT2D eigenvalue weighted by atomic mass is 16.6. The molecule has 6 heteroatoms. The molecule has 0 aromatic carbocycles. The van der Waals surface area contributed by atoms with Gasteiger partial charge >= 0.3 is 0 Å². The first-order chi connectivity index (χ1) is 8.72. The molecule has 4 heterocycles. The topological polar surface area (TPSA) is 82.5 Å². The Bertz CT molecular complexity index is 438. The Morgan fingerprint density at radius 2 is 2.28 bits per heavy atom. The first-order valence-electron chi connectivity index (χ1n) is 6.27. The highest BCUT2D eigenvalue weighted by Gasteiger charge is 2.71. The average Bonchev–Trinajstić information content (AvgIpc) is 2.95. The molecule has 6 atom stereocenters. The zero-order valence-electron chi connectivity index (χ0n) is 9.73. The van der Waals surface area contributed by atoms with Crippen LogP contribution in [0.15, 0.2) is 12.2 Å². The number of fused-ring (bicyclic) bond motifs is 7. The fourth-order valence-corrected chi connectivity index (χ4v) is 3.72. The first kappa shape index (κ1) is 10.9. The maximum atomic E-state index is 12.5. The van der Waals surface area contributed by atoms with Crippen LogP contribution in [0.5, 0.6) is 0 Å². The minimum Gasteiger partial charge on any atom is -0.395 e. The molecule has 1 amide bonds. The maximum Gasteiger partial charge on any atom is 0.231 e. The van der Waals surface area contributed by atoms with E-state index in [9.17, 15) is 9.90 Å². The zero-order chi connectivity index (χ0) is 12.5. The lowest BCUT2D eigenvalue weighted by atomic mass is 9.71. The number of ether oxygens (including phenoxy) is 2. The Kier molecular flexibility index (Phi) is 2.02. The molecule has 4 aliphatic rings. The molecule has 4 rings (SSSR count). The van der Waals surface area contributed by atoms with Crippen molar-refractivity contribution in [2.24, 2.45) is 11.8 Å². The normalized spacial score (nSPS) is 51.6. The van der Waals surface area contributed by atoms with Crippen LogP contribution in [0.1, 0.15) is 0 Å². The lowest BCUT2D eigenvalue weighted by molar-refractivity contribution is -0.146. The van der Waals surface area contributed by atoms with Crippen molar-refractivity contribution in [1.29, 1.82) is 0 Å². The SMILES string of the molecule is O=C1C2C(C3C=CC2(CO)O3)C2OC2N1CCO. The molecule has 3 fully saturated rings. The van der Waals surface area contributed by atoms with Gasteiger partial charge in [0.15, 0.2) is 6.23 Å². The summed E-state index contributed by atoms with van der Waals surface area (Å²) in [6.07, 6.45) is 3.37. The maximum absolute atomic E-state index is 12.5. The fraction of sp³-hybridized carbons (Fsp3) is 0.750. The van der Waals surface area contributed by atoms with E-state index < -0.39 is 5.60 Å². The number of nitrogens with zero attached hydrogens (tertiary/aromatic N) is 1. The van der Waals surface area contributed by atoms with Crippen LogP contribution in [0, 0.1) is 11.8 Å². The first-order valence-corrected chi connectivity index (χ1v) is 6.27. The molecule has 98 valence electrons. The van der Waals surface area contributed by atoms with Crippen molar-refractivity contribution in [3.05, 3.63) is 12.2 Å². The van der Waals surface area contributed by atoms with Crippen molar-refractivity contribution in [3.63, 3.8) is 0 Å². The van der Waals surface area contributed by atoms with Gasteiger partial charge in [0.2, 0.25) is 5.91 Å². The van der Waals surface area contributed by atoms with Gasteiger partial charge in [0.05, 0.1) is 25.2 Å². The van der Waals surface area contributed by atoms with Crippen molar-refractivity contribution >= 4 is 5.91 Å². The van der Waals surface area contributed by atoms with Gasteiger partial charge in [0.25, 0.3) is 0 Å². The third-order valence-corrected chi connectivity index (χ3v) is 4.54. The van der Waals surface area contributed by atoms with Crippen LogP contribution in [0.3, 0.4) is 0 Å². The van der Waals surface area contributed by atoms with E-state index >= 15 is 0 Å². The quantitative estimate of drug-likeness (QED) is 0.471. The molecule has 2 bridgehead atoms. The number of piperidine rings is 1. The van der Waals surface area contributed by atoms with Crippen molar-refractivity contribution < 1.29 is 24.5 Å². The van der Waals surface area contributed by atoms with Gasteiger partial charge < -0.3 is 24.6 Å². The van der Waals surface area contributed by atoms with Gasteiger partial charge in [-0.1, -0.05) is 12.2 Å². The van der Waals surface area contributed by atoms with Gasteiger partial charge in [0.1, 0.15) is 11.7 Å². The van der Waals surface area contributed by atoms with Gasteiger partial charge in [-0.3, -0.25) is 4.79 Å². The summed E-state index contributed by atoms with van der Waals surface area (Å²) in [5, 5.41) is 18.6. The molecule has 6 nitrogen and oxygen atoms in total. The lowest BCUT2D eigenvalue weighted by Crippen LogP contribution is -2.56. The molecular weight excluding hydrogens is 238 g/mol. The molecule has 0 aromatic rings. The predicted molar refractivity (Wildman–Crippen MR) is 58.3 cm³/mol. The average molecular weight is 253 g/mol. The second kappa shape index (κ2) is 3.33. The largest absolute Gasteiger partial charge is 0.395 e. The second-order valence-corrected chi connectivity index (χ2v) is 5.36. The second-order valence-electron chi connectivity index (χ2n) is 5.36. The van der Waals surface area contributed by atoms with Crippen molar-refractivity contribution in [3.8, 4) is 0 Å². The van der Waals surface area contributed by atoms with E-state index in [0.29, 0.717) is 0 Å². The van der Waals surface area contributed by atoms with Gasteiger partial charge in [-0.05, 0) is 0 Å². The van der Waals surface area contributed by atoms with Gasteiger partial charge in [-0.15, -0.1) is 0 Å². The van der Waals surface area contributed by atoms with Crippen molar-refractivity contribution in [2.75, 3.05) is 19.8 Å². The number of likely N-dealkylation sites (tertiary alicyclic amines) is 1. The van der Waals surface area contributed by atoms with Crippen LogP contribution in [0.25, 0.3) is 0 Å². The van der Waals surface area contributed by atoms with Crippen LogP contribution in [-0.2, 0) is 14.3 Å². The molecule has 0 radical (unpaired) electrons. The molecule has 0 aromatic heterocycles. The number of amides is 1. The van der Waals surface area contributed by atoms with Gasteiger partial charge in [-0.2, -0.15) is 0 Å². The molecule has 2 N–H and O–H groups in total. The van der Waals surface area contributed by atoms with Crippen LogP contribution < -0.4 is 0 Å². The summed E-state index contributed by atoms with van der Waals surface area (Å²) in [5.74, 6) is -0.448.